The highest BCUT2D eigenvalue weighted by atomic mass is 16.8. The van der Waals surface area contributed by atoms with Crippen molar-refractivity contribution < 1.29 is 44.2 Å². The van der Waals surface area contributed by atoms with E-state index in [1.807, 2.05) is 20.8 Å². The molecule has 4 N–H and O–H groups in total. The average molecular weight is 412 g/mol. The lowest BCUT2D eigenvalue weighted by atomic mass is 9.51. The van der Waals surface area contributed by atoms with Gasteiger partial charge in [0.25, 0.3) is 0 Å². The van der Waals surface area contributed by atoms with Gasteiger partial charge in [0.05, 0.1) is 29.6 Å². The van der Waals surface area contributed by atoms with Gasteiger partial charge in [-0.15, -0.1) is 0 Å². The molecule has 162 valence electrons. The minimum atomic E-state index is -1.84. The Hall–Kier alpha value is -0.810. The van der Waals surface area contributed by atoms with Gasteiger partial charge in [-0.25, -0.2) is 4.79 Å². The number of rotatable bonds is 0. The molecule has 6 fully saturated rings. The topological polar surface area (TPSA) is 135 Å². The molecule has 4 aliphatic heterocycles. The monoisotopic (exact) mass is 412 g/mol. The van der Waals surface area contributed by atoms with Crippen LogP contribution in [0.25, 0.3) is 0 Å². The Bertz CT molecular complexity index is 810. The number of aliphatic hydroxyl groups is 4. The molecule has 0 aromatic rings. The highest BCUT2D eigenvalue weighted by Crippen LogP contribution is 2.84. The van der Waals surface area contributed by atoms with E-state index in [1.54, 1.807) is 6.92 Å². The van der Waals surface area contributed by atoms with Crippen LogP contribution in [0.1, 0.15) is 34.1 Å². The SMILES string of the molecule is C[C@@H]1COC2CC34C5OC(=O)C3(O[C@@H]3O[C@H](O)[C@H](O)C34C(C(C)(C)C)[C@H]5O)[C@]21O. The molecule has 2 saturated carbocycles. The van der Waals surface area contributed by atoms with Crippen LogP contribution >= 0.6 is 0 Å². The van der Waals surface area contributed by atoms with Gasteiger partial charge in [-0.3, -0.25) is 0 Å². The van der Waals surface area contributed by atoms with Crippen LogP contribution < -0.4 is 0 Å². The second-order valence-corrected chi connectivity index (χ2v) is 10.9. The van der Waals surface area contributed by atoms with Crippen molar-refractivity contribution in [3.8, 4) is 0 Å². The fourth-order valence-electron chi connectivity index (χ4n) is 8.45. The number of hydrogen-bond donors (Lipinski definition) is 4. The molecule has 2 aliphatic carbocycles. The van der Waals surface area contributed by atoms with E-state index in [9.17, 15) is 25.2 Å². The van der Waals surface area contributed by atoms with Crippen LogP contribution in [0.5, 0.6) is 0 Å². The van der Waals surface area contributed by atoms with E-state index >= 15 is 0 Å². The van der Waals surface area contributed by atoms with Crippen molar-refractivity contribution in [1.29, 1.82) is 0 Å². The normalized spacial score (nSPS) is 64.8. The fourth-order valence-corrected chi connectivity index (χ4v) is 8.45. The van der Waals surface area contributed by atoms with Crippen molar-refractivity contribution in [2.45, 2.75) is 82.3 Å². The molecule has 6 aliphatic rings. The molecule has 12 atom stereocenters. The van der Waals surface area contributed by atoms with Crippen molar-refractivity contribution in [3.63, 3.8) is 0 Å². The third-order valence-electron chi connectivity index (χ3n) is 9.06. The lowest BCUT2D eigenvalue weighted by Gasteiger charge is -2.48. The zero-order valence-corrected chi connectivity index (χ0v) is 16.9. The lowest BCUT2D eigenvalue weighted by Crippen LogP contribution is -2.66. The second kappa shape index (κ2) is 4.82. The predicted molar refractivity (Wildman–Crippen MR) is 92.9 cm³/mol. The molecule has 4 saturated heterocycles. The van der Waals surface area contributed by atoms with Crippen LogP contribution in [-0.4, -0.2) is 81.2 Å². The van der Waals surface area contributed by atoms with Crippen LogP contribution in [0.2, 0.25) is 0 Å². The molecule has 0 aromatic heterocycles. The summed E-state index contributed by atoms with van der Waals surface area (Å²) in [6, 6.07) is 0. The van der Waals surface area contributed by atoms with Crippen molar-refractivity contribution in [1.82, 2.24) is 0 Å². The molecule has 9 nitrogen and oxygen atoms in total. The van der Waals surface area contributed by atoms with Crippen molar-refractivity contribution in [2.75, 3.05) is 6.61 Å². The highest BCUT2D eigenvalue weighted by molar-refractivity contribution is 5.89. The van der Waals surface area contributed by atoms with E-state index in [0.29, 0.717) is 0 Å². The smallest absolute Gasteiger partial charge is 0.342 e. The Morgan fingerprint density at radius 3 is 2.52 bits per heavy atom. The summed E-state index contributed by atoms with van der Waals surface area (Å²) in [7, 11) is 0. The Balaban J connectivity index is 1.70. The predicted octanol–water partition coefficient (Wildman–Crippen LogP) is -1.10. The number of ether oxygens (including phenoxy) is 4. The second-order valence-electron chi connectivity index (χ2n) is 10.9. The summed E-state index contributed by atoms with van der Waals surface area (Å²) in [5.41, 5.74) is -6.70. The number of fused-ring (bicyclic) bond motifs is 1. The molecule has 0 bridgehead atoms. The van der Waals surface area contributed by atoms with Crippen LogP contribution in [0.4, 0.5) is 0 Å². The standard InChI is InChI=1S/C20H28O9/c1-7-6-26-8-5-17-12-9(21)10(16(2,3)4)18(17)11(22)13(23)28-15(18)29-20(17,14(24)27-12)19(7,8)25/h7-13,15,21-23,25H,5-6H2,1-4H3/t7-,8?,9-,10?,11+,12?,13+,15+,17?,18?,19-,20?/m1/s1. The van der Waals surface area contributed by atoms with E-state index in [2.05, 4.69) is 0 Å². The number of hydrogen-bond acceptors (Lipinski definition) is 9. The average Bonchev–Trinajstić information content (AvgIpc) is 3.31. The van der Waals surface area contributed by atoms with Crippen LogP contribution in [-0.2, 0) is 23.7 Å². The van der Waals surface area contributed by atoms with Crippen molar-refractivity contribution >= 4 is 5.97 Å². The maximum atomic E-state index is 13.4. The molecule has 0 amide bonds. The van der Waals surface area contributed by atoms with Gasteiger partial charge in [-0.1, -0.05) is 27.7 Å². The van der Waals surface area contributed by atoms with E-state index < -0.39 is 82.2 Å². The Kier molecular flexibility index (Phi) is 3.15. The zero-order chi connectivity index (χ0) is 20.9. The third-order valence-corrected chi connectivity index (χ3v) is 9.06. The van der Waals surface area contributed by atoms with Gasteiger partial charge >= 0.3 is 5.97 Å². The molecule has 9 heteroatoms. The minimum absolute atomic E-state index is 0.164. The van der Waals surface area contributed by atoms with Gasteiger partial charge in [0.1, 0.15) is 17.8 Å². The Morgan fingerprint density at radius 1 is 1.17 bits per heavy atom. The van der Waals surface area contributed by atoms with Crippen LogP contribution in [0.15, 0.2) is 0 Å². The van der Waals surface area contributed by atoms with E-state index in [0.717, 1.165) is 0 Å². The highest BCUT2D eigenvalue weighted by Gasteiger charge is 3.01. The first-order valence-corrected chi connectivity index (χ1v) is 10.3. The summed E-state index contributed by atoms with van der Waals surface area (Å²) >= 11 is 0. The first-order valence-electron chi connectivity index (χ1n) is 10.3. The molecule has 29 heavy (non-hydrogen) atoms. The number of aliphatic hydroxyl groups excluding tert-OH is 3. The van der Waals surface area contributed by atoms with Gasteiger partial charge in [-0.05, 0) is 11.8 Å². The minimum Gasteiger partial charge on any atom is -0.457 e. The summed E-state index contributed by atoms with van der Waals surface area (Å²) < 4.78 is 23.6. The summed E-state index contributed by atoms with van der Waals surface area (Å²) in [4.78, 5) is 13.4. The molecular weight excluding hydrogens is 384 g/mol. The summed E-state index contributed by atoms with van der Waals surface area (Å²) in [6.45, 7) is 7.82. The Labute approximate surface area is 167 Å². The summed E-state index contributed by atoms with van der Waals surface area (Å²) in [6.07, 6.45) is -6.79. The third kappa shape index (κ3) is 1.45. The van der Waals surface area contributed by atoms with Gasteiger partial charge in [0.2, 0.25) is 5.60 Å². The lowest BCUT2D eigenvalue weighted by molar-refractivity contribution is -0.263. The van der Waals surface area contributed by atoms with Crippen molar-refractivity contribution in [2.24, 2.45) is 28.1 Å². The largest absolute Gasteiger partial charge is 0.457 e. The maximum absolute atomic E-state index is 13.4. The first kappa shape index (κ1) is 18.9. The molecule has 6 rings (SSSR count). The van der Waals surface area contributed by atoms with E-state index in [1.165, 1.54) is 0 Å². The molecule has 4 heterocycles. The number of carbonyl (C=O) groups is 1. The fraction of sp³-hybridized carbons (Fsp3) is 0.950. The van der Waals surface area contributed by atoms with Gasteiger partial charge in [0.15, 0.2) is 12.6 Å². The van der Waals surface area contributed by atoms with Crippen LogP contribution in [0, 0.1) is 28.1 Å². The van der Waals surface area contributed by atoms with Gasteiger partial charge in [-0.2, -0.15) is 0 Å². The molecule has 0 radical (unpaired) electrons. The molecule has 2 spiro atoms. The first-order chi connectivity index (χ1) is 13.4. The quantitative estimate of drug-likeness (QED) is 0.366. The summed E-state index contributed by atoms with van der Waals surface area (Å²) in [5, 5.41) is 45.1. The van der Waals surface area contributed by atoms with Gasteiger partial charge in [0, 0.05) is 11.8 Å². The van der Waals surface area contributed by atoms with Gasteiger partial charge < -0.3 is 39.4 Å². The molecule has 6 unspecified atom stereocenters. The van der Waals surface area contributed by atoms with Crippen LogP contribution in [0.3, 0.4) is 0 Å². The molecular formula is C20H28O9. The summed E-state index contributed by atoms with van der Waals surface area (Å²) in [5.74, 6) is -1.80. The van der Waals surface area contributed by atoms with E-state index in [-0.39, 0.29) is 13.0 Å². The maximum Gasteiger partial charge on any atom is 0.342 e. The number of carbonyl (C=O) groups excluding carboxylic acids is 1. The van der Waals surface area contributed by atoms with Crippen molar-refractivity contribution in [3.05, 3.63) is 0 Å². The molecule has 0 aromatic carbocycles. The number of esters is 1. The zero-order valence-electron chi connectivity index (χ0n) is 16.9. The van der Waals surface area contributed by atoms with E-state index in [4.69, 9.17) is 18.9 Å². The Morgan fingerprint density at radius 2 is 1.86 bits per heavy atom.